The van der Waals surface area contributed by atoms with Gasteiger partial charge in [-0.25, -0.2) is 0 Å². The van der Waals surface area contributed by atoms with Crippen LogP contribution in [0.2, 0.25) is 0 Å². The predicted molar refractivity (Wildman–Crippen MR) is 104 cm³/mol. The number of amides is 1. The highest BCUT2D eigenvalue weighted by Gasteiger charge is 2.27. The van der Waals surface area contributed by atoms with E-state index < -0.39 is 0 Å². The topological polar surface area (TPSA) is 46.6 Å². The molecule has 144 valence electrons. The third-order valence-corrected chi connectivity index (χ3v) is 5.38. The minimum absolute atomic E-state index is 0.162. The minimum atomic E-state index is -0.286. The molecule has 1 aromatic rings. The Balaban J connectivity index is 2.04. The van der Waals surface area contributed by atoms with E-state index in [1.54, 1.807) is 0 Å². The molecule has 1 atom stereocenters. The van der Waals surface area contributed by atoms with Gasteiger partial charge in [0.05, 0.1) is 13.0 Å². The predicted octanol–water partition coefficient (Wildman–Crippen LogP) is 4.37. The van der Waals surface area contributed by atoms with Crippen LogP contribution in [0.3, 0.4) is 0 Å². The maximum Gasteiger partial charge on any atom is 0.310 e. The lowest BCUT2D eigenvalue weighted by molar-refractivity contribution is -0.147. The summed E-state index contributed by atoms with van der Waals surface area (Å²) in [4.78, 5) is 26.9. The van der Waals surface area contributed by atoms with Crippen molar-refractivity contribution >= 4 is 11.9 Å². The Morgan fingerprint density at radius 1 is 1.08 bits per heavy atom. The summed E-state index contributed by atoms with van der Waals surface area (Å²) in [5.41, 5.74) is 1.18. The number of esters is 1. The van der Waals surface area contributed by atoms with Crippen molar-refractivity contribution in [2.45, 2.75) is 70.8 Å². The summed E-state index contributed by atoms with van der Waals surface area (Å²) in [6.45, 7) is 2.32. The van der Waals surface area contributed by atoms with E-state index in [9.17, 15) is 9.59 Å². The average Bonchev–Trinajstić information content (AvgIpc) is 2.64. The quantitative estimate of drug-likeness (QED) is 0.679. The molecule has 1 aliphatic rings. The van der Waals surface area contributed by atoms with Gasteiger partial charge < -0.3 is 9.64 Å². The zero-order valence-electron chi connectivity index (χ0n) is 16.3. The SMILES string of the molecule is COC(=O)C(C)CN(C(=O)CCc1ccccc1)C1CCCCCCC1. The first kappa shape index (κ1) is 20.5. The van der Waals surface area contributed by atoms with Gasteiger partial charge in [-0.3, -0.25) is 9.59 Å². The van der Waals surface area contributed by atoms with Crippen LogP contribution in [0.1, 0.15) is 63.9 Å². The Bertz CT molecular complexity index is 550. The molecule has 0 heterocycles. The number of nitrogens with zero attached hydrogens (tertiary/aromatic N) is 1. The highest BCUT2D eigenvalue weighted by Crippen LogP contribution is 2.23. The van der Waals surface area contributed by atoms with Gasteiger partial charge in [-0.15, -0.1) is 0 Å². The second-order valence-corrected chi connectivity index (χ2v) is 7.45. The fourth-order valence-corrected chi connectivity index (χ4v) is 3.81. The van der Waals surface area contributed by atoms with E-state index in [0.29, 0.717) is 13.0 Å². The van der Waals surface area contributed by atoms with E-state index in [4.69, 9.17) is 4.74 Å². The van der Waals surface area contributed by atoms with E-state index in [1.807, 2.05) is 30.0 Å². The van der Waals surface area contributed by atoms with E-state index >= 15 is 0 Å². The van der Waals surface area contributed by atoms with Crippen molar-refractivity contribution in [1.82, 2.24) is 4.90 Å². The summed E-state index contributed by atoms with van der Waals surface area (Å²) in [6.07, 6.45) is 9.46. The van der Waals surface area contributed by atoms with Crippen molar-refractivity contribution in [3.63, 3.8) is 0 Å². The molecule has 1 aliphatic carbocycles. The molecule has 26 heavy (non-hydrogen) atoms. The zero-order chi connectivity index (χ0) is 18.8. The van der Waals surface area contributed by atoms with Crippen LogP contribution in [0.15, 0.2) is 30.3 Å². The normalized spacial score (nSPS) is 17.0. The van der Waals surface area contributed by atoms with Crippen LogP contribution in [0.5, 0.6) is 0 Å². The second-order valence-electron chi connectivity index (χ2n) is 7.45. The first-order chi connectivity index (χ1) is 12.6. The fourth-order valence-electron chi connectivity index (χ4n) is 3.81. The first-order valence-corrected chi connectivity index (χ1v) is 10.0. The maximum absolute atomic E-state index is 13.0. The molecular weight excluding hydrogens is 326 g/mol. The first-order valence-electron chi connectivity index (χ1n) is 10.0. The van der Waals surface area contributed by atoms with Crippen LogP contribution in [0, 0.1) is 5.92 Å². The van der Waals surface area contributed by atoms with Gasteiger partial charge in [-0.2, -0.15) is 0 Å². The summed E-state index contributed by atoms with van der Waals surface area (Å²) < 4.78 is 4.88. The largest absolute Gasteiger partial charge is 0.469 e. The molecule has 1 fully saturated rings. The van der Waals surface area contributed by atoms with Crippen molar-refractivity contribution in [3.8, 4) is 0 Å². The maximum atomic E-state index is 13.0. The van der Waals surface area contributed by atoms with Gasteiger partial charge in [-0.05, 0) is 24.8 Å². The Labute approximate surface area is 157 Å². The highest BCUT2D eigenvalue weighted by molar-refractivity contribution is 5.78. The third kappa shape index (κ3) is 6.47. The molecule has 1 aromatic carbocycles. The van der Waals surface area contributed by atoms with Crippen molar-refractivity contribution < 1.29 is 14.3 Å². The van der Waals surface area contributed by atoms with Gasteiger partial charge in [-0.1, -0.05) is 69.4 Å². The molecule has 0 aliphatic heterocycles. The molecule has 0 N–H and O–H groups in total. The van der Waals surface area contributed by atoms with Crippen LogP contribution < -0.4 is 0 Å². The van der Waals surface area contributed by atoms with Crippen LogP contribution in [-0.4, -0.2) is 36.5 Å². The number of methoxy groups -OCH3 is 1. The second kappa shape index (κ2) is 11.0. The van der Waals surface area contributed by atoms with Gasteiger partial charge in [0.2, 0.25) is 5.91 Å². The number of benzene rings is 1. The number of aryl methyl sites for hydroxylation is 1. The molecule has 1 unspecified atom stereocenters. The molecule has 4 nitrogen and oxygen atoms in total. The van der Waals surface area contributed by atoms with Gasteiger partial charge in [0, 0.05) is 19.0 Å². The summed E-state index contributed by atoms with van der Waals surface area (Å²) in [5.74, 6) is -0.363. The van der Waals surface area contributed by atoms with Crippen LogP contribution in [-0.2, 0) is 20.7 Å². The highest BCUT2D eigenvalue weighted by atomic mass is 16.5. The van der Waals surface area contributed by atoms with Gasteiger partial charge in [0.25, 0.3) is 0 Å². The monoisotopic (exact) mass is 359 g/mol. The van der Waals surface area contributed by atoms with Crippen molar-refractivity contribution in [1.29, 1.82) is 0 Å². The number of ether oxygens (including phenoxy) is 1. The number of hydrogen-bond acceptors (Lipinski definition) is 3. The molecule has 4 heteroatoms. The van der Waals surface area contributed by atoms with Crippen LogP contribution in [0.25, 0.3) is 0 Å². The van der Waals surface area contributed by atoms with Gasteiger partial charge in [0.15, 0.2) is 0 Å². The molecule has 0 bridgehead atoms. The lowest BCUT2D eigenvalue weighted by atomic mass is 9.94. The summed E-state index contributed by atoms with van der Waals surface area (Å²) in [6, 6.07) is 10.4. The van der Waals surface area contributed by atoms with E-state index in [2.05, 4.69) is 12.1 Å². The summed E-state index contributed by atoms with van der Waals surface area (Å²) in [7, 11) is 1.41. The summed E-state index contributed by atoms with van der Waals surface area (Å²) >= 11 is 0. The molecule has 0 spiro atoms. The molecule has 1 saturated carbocycles. The lowest BCUT2D eigenvalue weighted by Gasteiger charge is -2.34. The van der Waals surface area contributed by atoms with Crippen LogP contribution in [0.4, 0.5) is 0 Å². The molecule has 0 radical (unpaired) electrons. The number of rotatable bonds is 7. The molecule has 0 saturated heterocycles. The van der Waals surface area contributed by atoms with Crippen molar-refractivity contribution in [3.05, 3.63) is 35.9 Å². The van der Waals surface area contributed by atoms with E-state index in [-0.39, 0.29) is 23.8 Å². The average molecular weight is 360 g/mol. The van der Waals surface area contributed by atoms with Crippen molar-refractivity contribution in [2.24, 2.45) is 5.92 Å². The zero-order valence-corrected chi connectivity index (χ0v) is 16.3. The van der Waals surface area contributed by atoms with E-state index in [1.165, 1.54) is 44.8 Å². The Kier molecular flexibility index (Phi) is 8.66. The molecule has 0 aromatic heterocycles. The molecule has 2 rings (SSSR count). The Morgan fingerprint density at radius 2 is 1.69 bits per heavy atom. The molecular formula is C22H33NO3. The van der Waals surface area contributed by atoms with E-state index in [0.717, 1.165) is 19.3 Å². The van der Waals surface area contributed by atoms with Crippen molar-refractivity contribution in [2.75, 3.05) is 13.7 Å². The third-order valence-electron chi connectivity index (χ3n) is 5.38. The number of carbonyl (C=O) groups excluding carboxylic acids is 2. The summed E-state index contributed by atoms with van der Waals surface area (Å²) in [5, 5.41) is 0. The smallest absolute Gasteiger partial charge is 0.310 e. The number of carbonyl (C=O) groups is 2. The number of hydrogen-bond donors (Lipinski definition) is 0. The van der Waals surface area contributed by atoms with Gasteiger partial charge in [0.1, 0.15) is 0 Å². The molecule has 1 amide bonds. The Hall–Kier alpha value is -1.84. The fraction of sp³-hybridized carbons (Fsp3) is 0.636. The van der Waals surface area contributed by atoms with Crippen LogP contribution >= 0.6 is 0 Å². The van der Waals surface area contributed by atoms with Gasteiger partial charge >= 0.3 is 5.97 Å². The lowest BCUT2D eigenvalue weighted by Crippen LogP contribution is -2.44. The minimum Gasteiger partial charge on any atom is -0.469 e. The standard InChI is InChI=1S/C22H33NO3/c1-18(22(25)26-2)17-23(20-13-9-4-3-5-10-14-20)21(24)16-15-19-11-7-6-8-12-19/h6-8,11-12,18,20H,3-5,9-10,13-17H2,1-2H3. The Morgan fingerprint density at radius 3 is 2.31 bits per heavy atom.